The topological polar surface area (TPSA) is 66.7 Å². The van der Waals surface area contributed by atoms with Crippen LogP contribution in [0, 0.1) is 5.41 Å². The van der Waals surface area contributed by atoms with Gasteiger partial charge >= 0.3 is 0 Å². The van der Waals surface area contributed by atoms with Gasteiger partial charge in [0.25, 0.3) is 0 Å². The lowest BCUT2D eigenvalue weighted by atomic mass is 9.88. The first-order valence-corrected chi connectivity index (χ1v) is 5.97. The van der Waals surface area contributed by atoms with E-state index < -0.39 is 20.5 Å². The van der Waals surface area contributed by atoms with Crippen molar-refractivity contribution in [1.82, 2.24) is 0 Å². The van der Waals surface area contributed by atoms with Crippen molar-refractivity contribution in [2.75, 3.05) is 6.26 Å². The fraction of sp³-hybridized carbons (Fsp3) is 0.875. The molecule has 78 valence electrons. The maximum Gasteiger partial charge on any atom is 0.155 e. The van der Waals surface area contributed by atoms with Crippen LogP contribution < -0.4 is 0 Å². The van der Waals surface area contributed by atoms with Crippen molar-refractivity contribution >= 4 is 15.5 Å². The van der Waals surface area contributed by atoms with Crippen LogP contribution in [-0.4, -0.2) is 30.8 Å². The summed E-state index contributed by atoms with van der Waals surface area (Å²) in [5.41, 5.74) is -0.146. The highest BCUT2D eigenvalue weighted by Gasteiger charge is 2.31. The van der Waals surface area contributed by atoms with Crippen molar-refractivity contribution in [3.8, 4) is 0 Å². The zero-order valence-corrected chi connectivity index (χ0v) is 9.51. The third kappa shape index (κ3) is 3.34. The number of nitrogens with zero attached hydrogens (tertiary/aromatic N) is 1. The summed E-state index contributed by atoms with van der Waals surface area (Å²) in [6, 6.07) is 0. The van der Waals surface area contributed by atoms with Gasteiger partial charge in [-0.25, -0.2) is 8.42 Å². The highest BCUT2D eigenvalue weighted by molar-refractivity contribution is 7.92. The van der Waals surface area contributed by atoms with E-state index in [0.29, 0.717) is 0 Å². The van der Waals surface area contributed by atoms with Crippen LogP contribution in [0.2, 0.25) is 0 Å². The minimum atomic E-state index is -3.19. The molecule has 13 heavy (non-hydrogen) atoms. The van der Waals surface area contributed by atoms with Gasteiger partial charge in [0, 0.05) is 11.7 Å². The molecule has 1 N–H and O–H groups in total. The molecule has 0 saturated carbocycles. The molecule has 0 aliphatic heterocycles. The molecule has 1 atom stereocenters. The van der Waals surface area contributed by atoms with Crippen LogP contribution in [0.15, 0.2) is 5.16 Å². The minimum Gasteiger partial charge on any atom is -0.411 e. The second-order valence-corrected chi connectivity index (χ2v) is 6.57. The molecule has 0 aromatic rings. The SMILES string of the molecule is C[C@H](/C(=N\O)C(C)(C)C)S(C)(=O)=O. The van der Waals surface area contributed by atoms with Crippen molar-refractivity contribution in [1.29, 1.82) is 0 Å². The van der Waals surface area contributed by atoms with E-state index in [1.54, 1.807) is 0 Å². The lowest BCUT2D eigenvalue weighted by molar-refractivity contribution is 0.309. The molecule has 0 saturated heterocycles. The second-order valence-electron chi connectivity index (χ2n) is 4.21. The summed E-state index contributed by atoms with van der Waals surface area (Å²) < 4.78 is 22.4. The van der Waals surface area contributed by atoms with Crippen LogP contribution in [0.1, 0.15) is 27.7 Å². The van der Waals surface area contributed by atoms with Crippen LogP contribution in [0.4, 0.5) is 0 Å². The highest BCUT2D eigenvalue weighted by atomic mass is 32.2. The molecule has 0 aromatic heterocycles. The van der Waals surface area contributed by atoms with E-state index in [4.69, 9.17) is 5.21 Å². The first-order valence-electron chi connectivity index (χ1n) is 4.02. The molecule has 0 unspecified atom stereocenters. The molecule has 0 spiro atoms. The number of oxime groups is 1. The Bertz CT molecular complexity index is 298. The molecule has 0 aliphatic rings. The van der Waals surface area contributed by atoms with Gasteiger partial charge in [0.05, 0.1) is 5.71 Å². The molecule has 0 radical (unpaired) electrons. The Labute approximate surface area is 79.6 Å². The largest absolute Gasteiger partial charge is 0.411 e. The molecule has 0 amide bonds. The third-order valence-electron chi connectivity index (χ3n) is 1.90. The Morgan fingerprint density at radius 1 is 1.38 bits per heavy atom. The lowest BCUT2D eigenvalue weighted by Crippen LogP contribution is -2.35. The Morgan fingerprint density at radius 2 is 1.77 bits per heavy atom. The van der Waals surface area contributed by atoms with Gasteiger partial charge in [-0.15, -0.1) is 0 Å². The predicted octanol–water partition coefficient (Wildman–Crippen LogP) is 1.30. The van der Waals surface area contributed by atoms with Crippen LogP contribution in [0.3, 0.4) is 0 Å². The molecule has 0 bridgehead atoms. The van der Waals surface area contributed by atoms with Gasteiger partial charge < -0.3 is 5.21 Å². The standard InChI is InChI=1S/C8H17NO3S/c1-6(13(5,11)12)7(9-10)8(2,3)4/h6,10H,1-5H3/b9-7+/t6-/m1/s1. The van der Waals surface area contributed by atoms with Gasteiger partial charge in [-0.3, -0.25) is 0 Å². The monoisotopic (exact) mass is 207 g/mol. The van der Waals surface area contributed by atoms with E-state index in [9.17, 15) is 8.42 Å². The van der Waals surface area contributed by atoms with Gasteiger partial charge in [0.2, 0.25) is 0 Å². The Kier molecular flexibility index (Phi) is 3.49. The summed E-state index contributed by atoms with van der Waals surface area (Å²) >= 11 is 0. The molecule has 0 aliphatic carbocycles. The zero-order valence-electron chi connectivity index (χ0n) is 8.70. The fourth-order valence-corrected chi connectivity index (χ4v) is 1.85. The molecule has 0 fully saturated rings. The fourth-order valence-electron chi connectivity index (χ4n) is 1.04. The van der Waals surface area contributed by atoms with E-state index in [1.165, 1.54) is 6.92 Å². The maximum absolute atomic E-state index is 11.2. The summed E-state index contributed by atoms with van der Waals surface area (Å²) in [6.07, 6.45) is 1.13. The normalized spacial score (nSPS) is 17.2. The number of hydrogen-bond acceptors (Lipinski definition) is 4. The number of sulfone groups is 1. The second kappa shape index (κ2) is 3.65. The highest BCUT2D eigenvalue weighted by Crippen LogP contribution is 2.21. The minimum absolute atomic E-state index is 0.287. The van der Waals surface area contributed by atoms with Crippen molar-refractivity contribution in [3.05, 3.63) is 0 Å². The van der Waals surface area contributed by atoms with Crippen LogP contribution in [0.5, 0.6) is 0 Å². The molecule has 0 rings (SSSR count). The summed E-state index contributed by atoms with van der Waals surface area (Å²) in [4.78, 5) is 0. The Morgan fingerprint density at radius 3 is 1.85 bits per heavy atom. The number of rotatable bonds is 2. The molecular formula is C8H17NO3S. The first-order chi connectivity index (χ1) is 5.60. The van der Waals surface area contributed by atoms with Gasteiger partial charge in [-0.1, -0.05) is 25.9 Å². The van der Waals surface area contributed by atoms with E-state index in [2.05, 4.69) is 5.16 Å². The van der Waals surface area contributed by atoms with Crippen molar-refractivity contribution in [2.24, 2.45) is 10.6 Å². The van der Waals surface area contributed by atoms with Gasteiger partial charge in [-0.05, 0) is 6.92 Å². The average Bonchev–Trinajstić information content (AvgIpc) is 1.83. The van der Waals surface area contributed by atoms with Gasteiger partial charge in [0.1, 0.15) is 5.25 Å². The zero-order chi connectivity index (χ0) is 10.9. The summed E-state index contributed by atoms with van der Waals surface area (Å²) in [7, 11) is -3.19. The maximum atomic E-state index is 11.2. The van der Waals surface area contributed by atoms with E-state index in [0.717, 1.165) is 6.26 Å². The van der Waals surface area contributed by atoms with Crippen LogP contribution in [0.25, 0.3) is 0 Å². The molecule has 5 heteroatoms. The van der Waals surface area contributed by atoms with Crippen LogP contribution >= 0.6 is 0 Å². The first kappa shape index (κ1) is 12.4. The Hall–Kier alpha value is -0.580. The van der Waals surface area contributed by atoms with E-state index >= 15 is 0 Å². The van der Waals surface area contributed by atoms with Crippen molar-refractivity contribution in [3.63, 3.8) is 0 Å². The van der Waals surface area contributed by atoms with Gasteiger partial charge in [0.15, 0.2) is 9.84 Å². The predicted molar refractivity (Wildman–Crippen MR) is 53.0 cm³/mol. The molecule has 0 heterocycles. The van der Waals surface area contributed by atoms with Crippen molar-refractivity contribution in [2.45, 2.75) is 32.9 Å². The smallest absolute Gasteiger partial charge is 0.155 e. The quantitative estimate of drug-likeness (QED) is 0.421. The Balaban J connectivity index is 5.08. The van der Waals surface area contributed by atoms with E-state index in [-0.39, 0.29) is 5.71 Å². The number of hydrogen-bond donors (Lipinski definition) is 1. The molecule has 0 aromatic carbocycles. The van der Waals surface area contributed by atoms with Gasteiger partial charge in [-0.2, -0.15) is 0 Å². The summed E-state index contributed by atoms with van der Waals surface area (Å²) in [6.45, 7) is 6.95. The van der Waals surface area contributed by atoms with Crippen LogP contribution in [-0.2, 0) is 9.84 Å². The lowest BCUT2D eigenvalue weighted by Gasteiger charge is -2.23. The summed E-state index contributed by atoms with van der Waals surface area (Å²) in [5, 5.41) is 11.0. The van der Waals surface area contributed by atoms with Crippen molar-refractivity contribution < 1.29 is 13.6 Å². The third-order valence-corrected chi connectivity index (χ3v) is 3.41. The average molecular weight is 207 g/mol. The molecular weight excluding hydrogens is 190 g/mol. The van der Waals surface area contributed by atoms with E-state index in [1.807, 2.05) is 20.8 Å². The summed E-state index contributed by atoms with van der Waals surface area (Å²) in [5.74, 6) is 0. The molecule has 4 nitrogen and oxygen atoms in total.